The first kappa shape index (κ1) is 21.4. The number of fused-ring (bicyclic) bond motifs is 1. The Morgan fingerprint density at radius 3 is 2.15 bits per heavy atom. The molecule has 0 aliphatic carbocycles. The third-order valence-electron chi connectivity index (χ3n) is 5.86. The fourth-order valence-electron chi connectivity index (χ4n) is 4.00. The lowest BCUT2D eigenvalue weighted by molar-refractivity contribution is 0.0952. The van der Waals surface area contributed by atoms with Gasteiger partial charge in [-0.3, -0.25) is 4.79 Å². The molecule has 1 heterocycles. The van der Waals surface area contributed by atoms with Gasteiger partial charge in [-0.25, -0.2) is 4.98 Å². The van der Waals surface area contributed by atoms with Gasteiger partial charge in [0.15, 0.2) is 0 Å². The predicted octanol–water partition coefficient (Wildman–Crippen LogP) is 6.51. The van der Waals surface area contributed by atoms with Gasteiger partial charge in [-0.05, 0) is 41.0 Å². The summed E-state index contributed by atoms with van der Waals surface area (Å²) in [4.78, 5) is 18.0. The molecule has 0 aliphatic rings. The van der Waals surface area contributed by atoms with Crippen LogP contribution in [-0.4, -0.2) is 18.0 Å². The van der Waals surface area contributed by atoms with E-state index in [2.05, 4.69) is 41.7 Å². The number of benzene rings is 4. The molecule has 4 nitrogen and oxygen atoms in total. The molecule has 0 unspecified atom stereocenters. The summed E-state index contributed by atoms with van der Waals surface area (Å²) in [5.74, 6) is 0.662. The molecule has 0 bridgehead atoms. The maximum absolute atomic E-state index is 13.2. The van der Waals surface area contributed by atoms with E-state index in [1.54, 1.807) is 7.11 Å². The molecule has 0 spiro atoms. The van der Waals surface area contributed by atoms with Gasteiger partial charge in [0.1, 0.15) is 5.75 Å². The van der Waals surface area contributed by atoms with Crippen LogP contribution in [0.2, 0.25) is 0 Å². The average Bonchev–Trinajstić information content (AvgIpc) is 2.92. The molecular weight excluding hydrogens is 420 g/mol. The van der Waals surface area contributed by atoms with E-state index in [0.717, 1.165) is 39.0 Å². The molecule has 1 amide bonds. The van der Waals surface area contributed by atoms with Gasteiger partial charge in [-0.1, -0.05) is 84.9 Å². The fraction of sp³-hybridized carbons (Fsp3) is 0.0667. The molecular formula is C30H24N2O2. The summed E-state index contributed by atoms with van der Waals surface area (Å²) in [7, 11) is 1.64. The topological polar surface area (TPSA) is 51.2 Å². The summed E-state index contributed by atoms with van der Waals surface area (Å²) in [5, 5.41) is 3.88. The Kier molecular flexibility index (Phi) is 6.04. The van der Waals surface area contributed by atoms with Crippen LogP contribution in [0.4, 0.5) is 0 Å². The molecule has 4 aromatic carbocycles. The third kappa shape index (κ3) is 4.52. The lowest BCUT2D eigenvalue weighted by atomic mass is 10.0. The van der Waals surface area contributed by atoms with Crippen LogP contribution in [0.5, 0.6) is 5.75 Å². The maximum Gasteiger partial charge on any atom is 0.252 e. The van der Waals surface area contributed by atoms with Crippen LogP contribution in [-0.2, 0) is 6.54 Å². The van der Waals surface area contributed by atoms with Crippen LogP contribution in [0, 0.1) is 0 Å². The molecule has 0 atom stereocenters. The predicted molar refractivity (Wildman–Crippen MR) is 137 cm³/mol. The molecule has 0 saturated heterocycles. The number of carbonyl (C=O) groups is 1. The van der Waals surface area contributed by atoms with Crippen molar-refractivity contribution in [3.05, 3.63) is 120 Å². The Morgan fingerprint density at radius 2 is 1.41 bits per heavy atom. The second-order valence-electron chi connectivity index (χ2n) is 8.05. The molecule has 4 heteroatoms. The average molecular weight is 445 g/mol. The van der Waals surface area contributed by atoms with Gasteiger partial charge in [0.2, 0.25) is 0 Å². The van der Waals surface area contributed by atoms with E-state index in [1.807, 2.05) is 72.8 Å². The summed E-state index contributed by atoms with van der Waals surface area (Å²) in [6.07, 6.45) is 0. The fourth-order valence-corrected chi connectivity index (χ4v) is 4.00. The second-order valence-corrected chi connectivity index (χ2v) is 8.05. The Labute approximate surface area is 198 Å². The number of nitrogens with one attached hydrogen (secondary N) is 1. The van der Waals surface area contributed by atoms with Crippen molar-refractivity contribution in [3.8, 4) is 28.1 Å². The Bertz CT molecular complexity index is 1430. The zero-order valence-corrected chi connectivity index (χ0v) is 18.9. The number of nitrogens with zero attached hydrogens (tertiary/aromatic N) is 1. The van der Waals surface area contributed by atoms with Crippen molar-refractivity contribution >= 4 is 16.8 Å². The highest BCUT2D eigenvalue weighted by Crippen LogP contribution is 2.27. The van der Waals surface area contributed by atoms with E-state index in [0.29, 0.717) is 12.1 Å². The number of pyridine rings is 1. The third-order valence-corrected chi connectivity index (χ3v) is 5.86. The number of carbonyl (C=O) groups excluding carboxylic acids is 1. The largest absolute Gasteiger partial charge is 0.497 e. The van der Waals surface area contributed by atoms with E-state index in [-0.39, 0.29) is 5.91 Å². The first-order valence-corrected chi connectivity index (χ1v) is 11.2. The van der Waals surface area contributed by atoms with Crippen LogP contribution in [0.1, 0.15) is 15.9 Å². The van der Waals surface area contributed by atoms with Crippen LogP contribution in [0.3, 0.4) is 0 Å². The summed E-state index contributed by atoms with van der Waals surface area (Å²) < 4.78 is 5.21. The van der Waals surface area contributed by atoms with E-state index < -0.39 is 0 Å². The number of rotatable bonds is 6. The molecule has 5 rings (SSSR count). The van der Waals surface area contributed by atoms with E-state index >= 15 is 0 Å². The van der Waals surface area contributed by atoms with Gasteiger partial charge >= 0.3 is 0 Å². The minimum absolute atomic E-state index is 0.128. The molecule has 166 valence electrons. The second kappa shape index (κ2) is 9.59. The zero-order chi connectivity index (χ0) is 23.3. The quantitative estimate of drug-likeness (QED) is 0.325. The van der Waals surface area contributed by atoms with Gasteiger partial charge in [0, 0.05) is 17.5 Å². The van der Waals surface area contributed by atoms with Crippen molar-refractivity contribution in [3.63, 3.8) is 0 Å². The number of ether oxygens (including phenoxy) is 1. The highest BCUT2D eigenvalue weighted by Gasteiger charge is 2.14. The van der Waals surface area contributed by atoms with E-state index in [1.165, 1.54) is 5.56 Å². The molecule has 1 aromatic heterocycles. The van der Waals surface area contributed by atoms with Crippen LogP contribution >= 0.6 is 0 Å². The lowest BCUT2D eigenvalue weighted by Crippen LogP contribution is -2.23. The first-order chi connectivity index (χ1) is 16.7. The van der Waals surface area contributed by atoms with E-state index in [9.17, 15) is 4.79 Å². The number of aromatic nitrogens is 1. The Hall–Kier alpha value is -4.44. The van der Waals surface area contributed by atoms with E-state index in [4.69, 9.17) is 9.72 Å². The number of para-hydroxylation sites is 1. The first-order valence-electron chi connectivity index (χ1n) is 11.2. The number of hydrogen-bond acceptors (Lipinski definition) is 3. The minimum Gasteiger partial charge on any atom is -0.497 e. The van der Waals surface area contributed by atoms with Gasteiger partial charge < -0.3 is 10.1 Å². The van der Waals surface area contributed by atoms with Crippen LogP contribution in [0.25, 0.3) is 33.3 Å². The van der Waals surface area contributed by atoms with Crippen LogP contribution < -0.4 is 10.1 Å². The van der Waals surface area contributed by atoms with Crippen molar-refractivity contribution in [2.75, 3.05) is 7.11 Å². The van der Waals surface area contributed by atoms with Gasteiger partial charge in [0.25, 0.3) is 5.91 Å². The molecule has 5 aromatic rings. The Morgan fingerprint density at radius 1 is 0.765 bits per heavy atom. The molecule has 0 aliphatic heterocycles. The highest BCUT2D eigenvalue weighted by molar-refractivity contribution is 6.07. The standard InChI is InChI=1S/C30H24N2O2/c1-34-25-17-11-21(12-18-25)20-31-30(33)27-19-29(32-28-10-6-5-9-26(27)28)24-15-13-23(14-16-24)22-7-3-2-4-8-22/h2-19H,20H2,1H3,(H,31,33). The van der Waals surface area contributed by atoms with Gasteiger partial charge in [-0.2, -0.15) is 0 Å². The SMILES string of the molecule is COc1ccc(CNC(=O)c2cc(-c3ccc(-c4ccccc4)cc3)nc3ccccc23)cc1. The summed E-state index contributed by atoms with van der Waals surface area (Å²) in [5.41, 5.74) is 6.46. The lowest BCUT2D eigenvalue weighted by Gasteiger charge is -2.11. The Balaban J connectivity index is 1.44. The van der Waals surface area contributed by atoms with Crippen molar-refractivity contribution < 1.29 is 9.53 Å². The molecule has 0 fully saturated rings. The molecule has 0 radical (unpaired) electrons. The maximum atomic E-state index is 13.2. The smallest absolute Gasteiger partial charge is 0.252 e. The van der Waals surface area contributed by atoms with Crippen molar-refractivity contribution in [1.29, 1.82) is 0 Å². The highest BCUT2D eigenvalue weighted by atomic mass is 16.5. The number of amides is 1. The van der Waals surface area contributed by atoms with Gasteiger partial charge in [0.05, 0.1) is 23.9 Å². The monoisotopic (exact) mass is 444 g/mol. The summed E-state index contributed by atoms with van der Waals surface area (Å²) in [6.45, 7) is 0.431. The number of hydrogen-bond donors (Lipinski definition) is 1. The van der Waals surface area contributed by atoms with Crippen molar-refractivity contribution in [2.45, 2.75) is 6.54 Å². The molecule has 1 N–H and O–H groups in total. The van der Waals surface area contributed by atoms with Crippen molar-refractivity contribution in [1.82, 2.24) is 10.3 Å². The number of methoxy groups -OCH3 is 1. The normalized spacial score (nSPS) is 10.7. The molecule has 34 heavy (non-hydrogen) atoms. The van der Waals surface area contributed by atoms with Crippen molar-refractivity contribution in [2.24, 2.45) is 0 Å². The van der Waals surface area contributed by atoms with Crippen LogP contribution in [0.15, 0.2) is 109 Å². The summed E-state index contributed by atoms with van der Waals surface area (Å²) in [6, 6.07) is 35.8. The zero-order valence-electron chi connectivity index (χ0n) is 18.9. The minimum atomic E-state index is -0.128. The molecule has 0 saturated carbocycles. The summed E-state index contributed by atoms with van der Waals surface area (Å²) >= 11 is 0. The van der Waals surface area contributed by atoms with Gasteiger partial charge in [-0.15, -0.1) is 0 Å².